The van der Waals surface area contributed by atoms with E-state index in [0.717, 1.165) is 0 Å². The van der Waals surface area contributed by atoms with Gasteiger partial charge < -0.3 is 10.4 Å². The van der Waals surface area contributed by atoms with E-state index in [1.807, 2.05) is 5.43 Å². The van der Waals surface area contributed by atoms with Crippen molar-refractivity contribution in [3.63, 3.8) is 0 Å². The molecule has 6 heteroatoms. The fourth-order valence-corrected chi connectivity index (χ4v) is 1.40. The van der Waals surface area contributed by atoms with Crippen LogP contribution >= 0.6 is 0 Å². The van der Waals surface area contributed by atoms with Crippen molar-refractivity contribution in [1.29, 1.82) is 0 Å². The molecule has 5 N–H and O–H groups in total. The van der Waals surface area contributed by atoms with Crippen molar-refractivity contribution < 1.29 is 14.7 Å². The molecule has 2 atom stereocenters. The number of aliphatic hydroxyl groups is 1. The highest BCUT2D eigenvalue weighted by Crippen LogP contribution is 2.12. The monoisotopic (exact) mass is 251 g/mol. The lowest BCUT2D eigenvalue weighted by Gasteiger charge is -2.31. The number of nitrogens with two attached hydrogens (primary N) is 1. The molecule has 0 heterocycles. The number of carbonyl (C=O) groups is 2. The molecular formula is C12H17N3O3. The molecule has 0 aliphatic rings. The van der Waals surface area contributed by atoms with Crippen LogP contribution in [-0.4, -0.2) is 28.6 Å². The van der Waals surface area contributed by atoms with Crippen molar-refractivity contribution in [3.8, 4) is 0 Å². The normalized spacial score (nSPS) is 15.3. The molecule has 98 valence electrons. The predicted octanol–water partition coefficient (Wildman–Crippen LogP) is -0.454. The molecule has 0 fully saturated rings. The minimum Gasteiger partial charge on any atom is -0.390 e. The average Bonchev–Trinajstić information content (AvgIpc) is 2.38. The van der Waals surface area contributed by atoms with Gasteiger partial charge in [0.1, 0.15) is 5.54 Å². The molecule has 0 bridgehead atoms. The summed E-state index contributed by atoms with van der Waals surface area (Å²) in [6.45, 7) is 2.81. The van der Waals surface area contributed by atoms with E-state index in [0.29, 0.717) is 5.56 Å². The minimum atomic E-state index is -1.48. The topological polar surface area (TPSA) is 104 Å². The highest BCUT2D eigenvalue weighted by Gasteiger charge is 2.39. The van der Waals surface area contributed by atoms with Crippen LogP contribution in [0.3, 0.4) is 0 Å². The van der Waals surface area contributed by atoms with Crippen molar-refractivity contribution in [2.24, 2.45) is 5.84 Å². The molecule has 0 aromatic heterocycles. The van der Waals surface area contributed by atoms with Crippen molar-refractivity contribution >= 4 is 11.8 Å². The van der Waals surface area contributed by atoms with E-state index >= 15 is 0 Å². The van der Waals surface area contributed by atoms with Gasteiger partial charge in [-0.2, -0.15) is 0 Å². The molecule has 1 rings (SSSR count). The van der Waals surface area contributed by atoms with Gasteiger partial charge >= 0.3 is 0 Å². The summed E-state index contributed by atoms with van der Waals surface area (Å²) in [6, 6.07) is 8.41. The second kappa shape index (κ2) is 5.61. The molecule has 0 saturated heterocycles. The van der Waals surface area contributed by atoms with Gasteiger partial charge in [-0.15, -0.1) is 0 Å². The second-order valence-electron chi connectivity index (χ2n) is 4.17. The Morgan fingerprint density at radius 2 is 1.89 bits per heavy atom. The molecule has 0 aliphatic heterocycles. The summed E-state index contributed by atoms with van der Waals surface area (Å²) in [7, 11) is 0. The third kappa shape index (κ3) is 2.85. The molecule has 18 heavy (non-hydrogen) atoms. The second-order valence-corrected chi connectivity index (χ2v) is 4.17. The third-order valence-electron chi connectivity index (χ3n) is 2.85. The number of benzene rings is 1. The van der Waals surface area contributed by atoms with E-state index in [9.17, 15) is 14.7 Å². The number of hydrogen-bond donors (Lipinski definition) is 4. The van der Waals surface area contributed by atoms with Crippen LogP contribution in [-0.2, 0) is 4.79 Å². The summed E-state index contributed by atoms with van der Waals surface area (Å²) in [4.78, 5) is 23.6. The van der Waals surface area contributed by atoms with Crippen molar-refractivity contribution in [2.45, 2.75) is 25.5 Å². The third-order valence-corrected chi connectivity index (χ3v) is 2.85. The largest absolute Gasteiger partial charge is 0.390 e. The summed E-state index contributed by atoms with van der Waals surface area (Å²) in [6.07, 6.45) is -1.09. The summed E-state index contributed by atoms with van der Waals surface area (Å²) in [5.74, 6) is 3.93. The molecule has 0 unspecified atom stereocenters. The fraction of sp³-hybridized carbons (Fsp3) is 0.333. The predicted molar refractivity (Wildman–Crippen MR) is 66.3 cm³/mol. The Balaban J connectivity index is 2.92. The SMILES string of the molecule is C[C@@H](O)[C@](C)(NC(=O)c1ccccc1)C(=O)NN. The first-order valence-electron chi connectivity index (χ1n) is 5.48. The van der Waals surface area contributed by atoms with E-state index in [1.165, 1.54) is 13.8 Å². The summed E-state index contributed by atoms with van der Waals surface area (Å²) in [5.41, 5.74) is 0.843. The quantitative estimate of drug-likeness (QED) is 0.330. The lowest BCUT2D eigenvalue weighted by Crippen LogP contribution is -2.63. The molecule has 2 amide bonds. The number of rotatable bonds is 4. The van der Waals surface area contributed by atoms with E-state index in [-0.39, 0.29) is 0 Å². The van der Waals surface area contributed by atoms with Crippen LogP contribution in [0.4, 0.5) is 0 Å². The smallest absolute Gasteiger partial charge is 0.262 e. The van der Waals surface area contributed by atoms with Gasteiger partial charge in [-0.05, 0) is 26.0 Å². The standard InChI is InChI=1S/C12H17N3O3/c1-8(16)12(2,11(18)15-13)14-10(17)9-6-4-3-5-7-9/h3-8,16H,13H2,1-2H3,(H,14,17)(H,15,18)/t8-,12+/m1/s1. The van der Waals surface area contributed by atoms with Gasteiger partial charge in [-0.3, -0.25) is 15.0 Å². The Labute approximate surface area is 105 Å². The Morgan fingerprint density at radius 3 is 2.33 bits per heavy atom. The van der Waals surface area contributed by atoms with E-state index in [2.05, 4.69) is 5.32 Å². The summed E-state index contributed by atoms with van der Waals surface area (Å²) < 4.78 is 0. The first-order chi connectivity index (χ1) is 8.41. The van der Waals surface area contributed by atoms with Crippen LogP contribution in [0.5, 0.6) is 0 Å². The van der Waals surface area contributed by atoms with Crippen LogP contribution in [0, 0.1) is 0 Å². The Hall–Kier alpha value is -1.92. The fourth-order valence-electron chi connectivity index (χ4n) is 1.40. The van der Waals surface area contributed by atoms with Gasteiger partial charge in [-0.25, -0.2) is 5.84 Å². The first-order valence-corrected chi connectivity index (χ1v) is 5.48. The van der Waals surface area contributed by atoms with Gasteiger partial charge in [0.05, 0.1) is 6.10 Å². The van der Waals surface area contributed by atoms with Gasteiger partial charge in [0, 0.05) is 5.56 Å². The molecule has 0 saturated carbocycles. The Bertz CT molecular complexity index is 433. The number of hydrogen-bond acceptors (Lipinski definition) is 4. The maximum Gasteiger partial charge on any atom is 0.262 e. The lowest BCUT2D eigenvalue weighted by atomic mass is 9.94. The summed E-state index contributed by atoms with van der Waals surface area (Å²) >= 11 is 0. The number of hydrazine groups is 1. The van der Waals surface area contributed by atoms with Crippen LogP contribution in [0.15, 0.2) is 30.3 Å². The van der Waals surface area contributed by atoms with Gasteiger partial charge in [0.2, 0.25) is 0 Å². The number of amides is 2. The maximum absolute atomic E-state index is 11.9. The van der Waals surface area contributed by atoms with Gasteiger partial charge in [-0.1, -0.05) is 18.2 Å². The van der Waals surface area contributed by atoms with Crippen LogP contribution in [0.2, 0.25) is 0 Å². The highest BCUT2D eigenvalue weighted by molar-refractivity contribution is 5.99. The molecular weight excluding hydrogens is 234 g/mol. The number of aliphatic hydroxyl groups excluding tert-OH is 1. The molecule has 0 aliphatic carbocycles. The lowest BCUT2D eigenvalue weighted by molar-refractivity contribution is -0.130. The minimum absolute atomic E-state index is 0.397. The molecule has 0 radical (unpaired) electrons. The molecule has 6 nitrogen and oxygen atoms in total. The summed E-state index contributed by atoms with van der Waals surface area (Å²) in [5, 5.41) is 12.1. The van der Waals surface area contributed by atoms with Crippen LogP contribution in [0.25, 0.3) is 0 Å². The van der Waals surface area contributed by atoms with E-state index < -0.39 is 23.5 Å². The highest BCUT2D eigenvalue weighted by atomic mass is 16.3. The van der Waals surface area contributed by atoms with Gasteiger partial charge in [0.25, 0.3) is 11.8 Å². The van der Waals surface area contributed by atoms with Crippen molar-refractivity contribution in [2.75, 3.05) is 0 Å². The zero-order valence-corrected chi connectivity index (χ0v) is 10.3. The van der Waals surface area contributed by atoms with Crippen LogP contribution in [0.1, 0.15) is 24.2 Å². The number of carbonyl (C=O) groups excluding carboxylic acids is 2. The van der Waals surface area contributed by atoms with Crippen molar-refractivity contribution in [3.05, 3.63) is 35.9 Å². The number of nitrogens with one attached hydrogen (secondary N) is 2. The average molecular weight is 251 g/mol. The zero-order chi connectivity index (χ0) is 13.8. The maximum atomic E-state index is 11.9. The Morgan fingerprint density at radius 1 is 1.33 bits per heavy atom. The first kappa shape index (κ1) is 14.1. The zero-order valence-electron chi connectivity index (χ0n) is 10.3. The van der Waals surface area contributed by atoms with E-state index in [4.69, 9.17) is 5.84 Å². The molecule has 1 aromatic rings. The molecule has 1 aromatic carbocycles. The van der Waals surface area contributed by atoms with Gasteiger partial charge in [0.15, 0.2) is 0 Å². The van der Waals surface area contributed by atoms with Crippen LogP contribution < -0.4 is 16.6 Å². The van der Waals surface area contributed by atoms with Crippen molar-refractivity contribution in [1.82, 2.24) is 10.7 Å². The Kier molecular flexibility index (Phi) is 4.41. The van der Waals surface area contributed by atoms with E-state index in [1.54, 1.807) is 30.3 Å². The molecule has 0 spiro atoms.